The van der Waals surface area contributed by atoms with Crippen LogP contribution in [0, 0.1) is 19.8 Å². The van der Waals surface area contributed by atoms with Crippen LogP contribution in [0.3, 0.4) is 0 Å². The highest BCUT2D eigenvalue weighted by atomic mass is 32.1. The first kappa shape index (κ1) is 14.2. The van der Waals surface area contributed by atoms with Crippen molar-refractivity contribution in [3.8, 4) is 0 Å². The molecular weight excluding hydrogens is 234 g/mol. The number of amides is 1. The van der Waals surface area contributed by atoms with E-state index in [-0.39, 0.29) is 12.0 Å². The zero-order chi connectivity index (χ0) is 13.0. The minimum Gasteiger partial charge on any atom is -0.393 e. The molecular formula is C13H21NO2S. The van der Waals surface area contributed by atoms with Gasteiger partial charge in [0.15, 0.2) is 0 Å². The van der Waals surface area contributed by atoms with Gasteiger partial charge in [-0.2, -0.15) is 0 Å². The highest BCUT2D eigenvalue weighted by molar-refractivity contribution is 7.14. The number of carbonyl (C=O) groups is 1. The zero-order valence-electron chi connectivity index (χ0n) is 10.9. The Morgan fingerprint density at radius 3 is 2.59 bits per heavy atom. The lowest BCUT2D eigenvalue weighted by molar-refractivity contribution is 0.0943. The highest BCUT2D eigenvalue weighted by Crippen LogP contribution is 2.20. The van der Waals surface area contributed by atoms with Gasteiger partial charge in [0.2, 0.25) is 0 Å². The molecule has 0 aliphatic carbocycles. The van der Waals surface area contributed by atoms with Gasteiger partial charge < -0.3 is 10.4 Å². The van der Waals surface area contributed by atoms with Gasteiger partial charge in [-0.1, -0.05) is 6.92 Å². The van der Waals surface area contributed by atoms with Crippen molar-refractivity contribution in [2.45, 2.75) is 40.2 Å². The molecule has 0 aliphatic heterocycles. The Morgan fingerprint density at radius 2 is 2.12 bits per heavy atom. The first-order chi connectivity index (χ1) is 7.90. The Morgan fingerprint density at radius 1 is 1.47 bits per heavy atom. The third-order valence-corrected chi connectivity index (χ3v) is 3.90. The standard InChI is InChI=1S/C13H21NO2S/c1-8(5-10(3)15)7-14-13(16)12-6-9(2)11(4)17-12/h6,8,10,15H,5,7H2,1-4H3,(H,14,16). The maximum Gasteiger partial charge on any atom is 0.261 e. The number of nitrogens with one attached hydrogen (secondary N) is 1. The van der Waals surface area contributed by atoms with Crippen LogP contribution in [0.4, 0.5) is 0 Å². The number of carbonyl (C=O) groups excluding carboxylic acids is 1. The summed E-state index contributed by atoms with van der Waals surface area (Å²) in [5.41, 5.74) is 1.16. The number of rotatable bonds is 5. The van der Waals surface area contributed by atoms with E-state index < -0.39 is 0 Å². The summed E-state index contributed by atoms with van der Waals surface area (Å²) in [5, 5.41) is 12.1. The largest absolute Gasteiger partial charge is 0.393 e. The molecule has 0 fully saturated rings. The summed E-state index contributed by atoms with van der Waals surface area (Å²) in [6, 6.07) is 1.93. The van der Waals surface area contributed by atoms with Crippen molar-refractivity contribution < 1.29 is 9.90 Å². The average molecular weight is 255 g/mol. The third kappa shape index (κ3) is 4.48. The van der Waals surface area contributed by atoms with Crippen molar-refractivity contribution >= 4 is 17.2 Å². The van der Waals surface area contributed by atoms with Crippen molar-refractivity contribution in [1.29, 1.82) is 0 Å². The Hall–Kier alpha value is -0.870. The Labute approximate surface area is 107 Å². The number of hydrogen-bond acceptors (Lipinski definition) is 3. The van der Waals surface area contributed by atoms with E-state index in [9.17, 15) is 9.90 Å². The normalized spacial score (nSPS) is 14.4. The first-order valence-corrected chi connectivity index (χ1v) is 6.75. The Kier molecular flexibility index (Phi) is 5.15. The molecule has 0 saturated carbocycles. The predicted octanol–water partition coefficient (Wildman–Crippen LogP) is 2.50. The van der Waals surface area contributed by atoms with Crippen molar-refractivity contribution in [2.24, 2.45) is 5.92 Å². The SMILES string of the molecule is Cc1cc(C(=O)NCC(C)CC(C)O)sc1C. The zero-order valence-corrected chi connectivity index (χ0v) is 11.7. The molecule has 17 heavy (non-hydrogen) atoms. The fraction of sp³-hybridized carbons (Fsp3) is 0.615. The van der Waals surface area contributed by atoms with Crippen molar-refractivity contribution in [3.05, 3.63) is 21.4 Å². The number of hydrogen-bond donors (Lipinski definition) is 2. The maximum absolute atomic E-state index is 11.8. The molecule has 4 heteroatoms. The minimum absolute atomic E-state index is 0.0105. The molecule has 96 valence electrons. The topological polar surface area (TPSA) is 49.3 Å². The molecule has 0 saturated heterocycles. The van der Waals surface area contributed by atoms with Gasteiger partial charge in [-0.05, 0) is 44.7 Å². The Bertz CT molecular complexity index is 365. The van der Waals surface area contributed by atoms with Crippen LogP contribution in [-0.4, -0.2) is 23.7 Å². The van der Waals surface area contributed by atoms with Crippen LogP contribution in [0.2, 0.25) is 0 Å². The Balaban J connectivity index is 2.45. The smallest absolute Gasteiger partial charge is 0.261 e. The van der Waals surface area contributed by atoms with Crippen molar-refractivity contribution in [2.75, 3.05) is 6.54 Å². The van der Waals surface area contributed by atoms with E-state index in [4.69, 9.17) is 0 Å². The summed E-state index contributed by atoms with van der Waals surface area (Å²) in [6.07, 6.45) is 0.399. The number of aryl methyl sites for hydroxylation is 2. The summed E-state index contributed by atoms with van der Waals surface area (Å²) in [4.78, 5) is 13.8. The summed E-state index contributed by atoms with van der Waals surface area (Å²) < 4.78 is 0. The second-order valence-corrected chi connectivity index (χ2v) is 6.01. The van der Waals surface area contributed by atoms with Crippen LogP contribution in [0.15, 0.2) is 6.07 Å². The second-order valence-electron chi connectivity index (χ2n) is 4.75. The van der Waals surface area contributed by atoms with Gasteiger partial charge in [0.1, 0.15) is 0 Å². The van der Waals surface area contributed by atoms with E-state index in [0.717, 1.165) is 10.4 Å². The molecule has 2 N–H and O–H groups in total. The summed E-state index contributed by atoms with van der Waals surface area (Å²) in [6.45, 7) is 8.44. The number of aliphatic hydroxyl groups excluding tert-OH is 1. The van der Waals surface area contributed by atoms with Gasteiger partial charge in [0.25, 0.3) is 5.91 Å². The van der Waals surface area contributed by atoms with Crippen LogP contribution in [0.5, 0.6) is 0 Å². The maximum atomic E-state index is 11.8. The van der Waals surface area contributed by atoms with Crippen LogP contribution >= 0.6 is 11.3 Å². The van der Waals surface area contributed by atoms with E-state index >= 15 is 0 Å². The molecule has 3 nitrogen and oxygen atoms in total. The molecule has 1 rings (SSSR count). The van der Waals surface area contributed by atoms with Crippen molar-refractivity contribution in [1.82, 2.24) is 5.32 Å². The molecule has 1 aromatic rings. The molecule has 0 aliphatic rings. The molecule has 0 bridgehead atoms. The molecule has 1 heterocycles. The molecule has 0 radical (unpaired) electrons. The molecule has 1 amide bonds. The van der Waals surface area contributed by atoms with E-state index in [0.29, 0.717) is 18.9 Å². The lowest BCUT2D eigenvalue weighted by Gasteiger charge is -2.13. The number of thiophene rings is 1. The molecule has 0 spiro atoms. The monoisotopic (exact) mass is 255 g/mol. The van der Waals surface area contributed by atoms with Gasteiger partial charge in [0, 0.05) is 11.4 Å². The van der Waals surface area contributed by atoms with Gasteiger partial charge >= 0.3 is 0 Å². The average Bonchev–Trinajstić information content (AvgIpc) is 2.55. The molecule has 0 aromatic carbocycles. The lowest BCUT2D eigenvalue weighted by atomic mass is 10.0. The molecule has 2 atom stereocenters. The molecule has 1 aromatic heterocycles. The summed E-state index contributed by atoms with van der Waals surface area (Å²) in [5.74, 6) is 0.282. The van der Waals surface area contributed by atoms with Crippen molar-refractivity contribution in [3.63, 3.8) is 0 Å². The highest BCUT2D eigenvalue weighted by Gasteiger charge is 2.12. The number of aliphatic hydroxyl groups is 1. The van der Waals surface area contributed by atoms with Gasteiger partial charge in [-0.25, -0.2) is 0 Å². The van der Waals surface area contributed by atoms with Crippen LogP contribution in [-0.2, 0) is 0 Å². The minimum atomic E-state index is -0.312. The van der Waals surface area contributed by atoms with E-state index in [1.54, 1.807) is 6.92 Å². The molecule has 2 unspecified atom stereocenters. The van der Waals surface area contributed by atoms with Crippen LogP contribution in [0.25, 0.3) is 0 Å². The quantitative estimate of drug-likeness (QED) is 0.849. The van der Waals surface area contributed by atoms with E-state index in [1.807, 2.05) is 26.8 Å². The fourth-order valence-electron chi connectivity index (χ4n) is 1.70. The first-order valence-electron chi connectivity index (χ1n) is 5.93. The lowest BCUT2D eigenvalue weighted by Crippen LogP contribution is -2.28. The van der Waals surface area contributed by atoms with Gasteiger partial charge in [-0.15, -0.1) is 11.3 Å². The van der Waals surface area contributed by atoms with E-state index in [1.165, 1.54) is 16.2 Å². The van der Waals surface area contributed by atoms with Crippen LogP contribution in [0.1, 0.15) is 40.4 Å². The van der Waals surface area contributed by atoms with E-state index in [2.05, 4.69) is 5.32 Å². The predicted molar refractivity (Wildman–Crippen MR) is 71.6 cm³/mol. The van der Waals surface area contributed by atoms with Gasteiger partial charge in [-0.3, -0.25) is 4.79 Å². The summed E-state index contributed by atoms with van der Waals surface area (Å²) in [7, 11) is 0. The third-order valence-electron chi connectivity index (χ3n) is 2.74. The second kappa shape index (κ2) is 6.17. The summed E-state index contributed by atoms with van der Waals surface area (Å²) >= 11 is 1.53. The fourth-order valence-corrected chi connectivity index (χ4v) is 2.66. The van der Waals surface area contributed by atoms with Crippen LogP contribution < -0.4 is 5.32 Å². The van der Waals surface area contributed by atoms with Gasteiger partial charge in [0.05, 0.1) is 11.0 Å².